The van der Waals surface area contributed by atoms with Crippen molar-refractivity contribution in [1.82, 2.24) is 14.7 Å². The molecule has 0 amide bonds. The molecule has 1 N–H and O–H groups in total. The maximum absolute atomic E-state index is 12.4. The van der Waals surface area contributed by atoms with E-state index in [-0.39, 0.29) is 17.0 Å². The lowest BCUT2D eigenvalue weighted by Gasteiger charge is -2.29. The van der Waals surface area contributed by atoms with Gasteiger partial charge >= 0.3 is 0 Å². The van der Waals surface area contributed by atoms with Crippen LogP contribution in [-0.2, 0) is 10.0 Å². The van der Waals surface area contributed by atoms with Gasteiger partial charge in [0.25, 0.3) is 0 Å². The van der Waals surface area contributed by atoms with Crippen LogP contribution in [0.25, 0.3) is 0 Å². The quantitative estimate of drug-likeness (QED) is 0.806. The molecule has 2 aromatic rings. The van der Waals surface area contributed by atoms with E-state index in [2.05, 4.69) is 14.7 Å². The molecule has 0 atom stereocenters. The van der Waals surface area contributed by atoms with Gasteiger partial charge in [0.2, 0.25) is 21.8 Å². The SMILES string of the molecule is COc1cncc(OC2CCC(NS(=O)(=O)c3ccc(Cl)cc3)CC2)n1. The number of ether oxygens (including phenoxy) is 2. The van der Waals surface area contributed by atoms with Gasteiger partial charge in [-0.2, -0.15) is 4.98 Å². The largest absolute Gasteiger partial charge is 0.480 e. The zero-order chi connectivity index (χ0) is 18.6. The molecule has 1 saturated carbocycles. The molecular formula is C17H20ClN3O4S. The van der Waals surface area contributed by atoms with Gasteiger partial charge in [-0.05, 0) is 49.9 Å². The Morgan fingerprint density at radius 2 is 1.73 bits per heavy atom. The fraction of sp³-hybridized carbons (Fsp3) is 0.412. The molecule has 1 heterocycles. The van der Waals surface area contributed by atoms with E-state index >= 15 is 0 Å². The van der Waals surface area contributed by atoms with E-state index in [0.717, 1.165) is 12.8 Å². The van der Waals surface area contributed by atoms with Crippen molar-refractivity contribution < 1.29 is 17.9 Å². The van der Waals surface area contributed by atoms with Gasteiger partial charge < -0.3 is 9.47 Å². The molecule has 0 spiro atoms. The van der Waals surface area contributed by atoms with Crippen molar-refractivity contribution in [3.63, 3.8) is 0 Å². The lowest BCUT2D eigenvalue weighted by atomic mass is 9.94. The molecular weight excluding hydrogens is 378 g/mol. The fourth-order valence-corrected chi connectivity index (χ4v) is 4.29. The second-order valence-corrected chi connectivity index (χ2v) is 8.22. The molecule has 1 aromatic heterocycles. The Morgan fingerprint density at radius 3 is 2.38 bits per heavy atom. The summed E-state index contributed by atoms with van der Waals surface area (Å²) in [6.45, 7) is 0. The van der Waals surface area contributed by atoms with E-state index in [4.69, 9.17) is 21.1 Å². The van der Waals surface area contributed by atoms with Crippen LogP contribution in [0.3, 0.4) is 0 Å². The number of halogens is 1. The zero-order valence-corrected chi connectivity index (χ0v) is 15.8. The predicted molar refractivity (Wildman–Crippen MR) is 97.0 cm³/mol. The highest BCUT2D eigenvalue weighted by Crippen LogP contribution is 2.25. The highest BCUT2D eigenvalue weighted by molar-refractivity contribution is 7.89. The number of hydrogen-bond acceptors (Lipinski definition) is 6. The predicted octanol–water partition coefficient (Wildman–Crippen LogP) is 2.81. The molecule has 1 aliphatic rings. The van der Waals surface area contributed by atoms with Gasteiger partial charge in [-0.25, -0.2) is 13.1 Å². The van der Waals surface area contributed by atoms with Crippen LogP contribution in [0, 0.1) is 0 Å². The van der Waals surface area contributed by atoms with Crippen LogP contribution in [0.1, 0.15) is 25.7 Å². The molecule has 1 fully saturated rings. The summed E-state index contributed by atoms with van der Waals surface area (Å²) < 4.78 is 38.5. The lowest BCUT2D eigenvalue weighted by Crippen LogP contribution is -2.39. The standard InChI is InChI=1S/C17H20ClN3O4S/c1-24-16-10-19-11-17(20-16)25-14-6-4-13(5-7-14)21-26(22,23)15-8-2-12(18)3-9-15/h2-3,8-11,13-14,21H,4-7H2,1H3. The smallest absolute Gasteiger partial charge is 0.240 e. The van der Waals surface area contributed by atoms with Gasteiger partial charge in [-0.1, -0.05) is 11.6 Å². The Bertz CT molecular complexity index is 837. The van der Waals surface area contributed by atoms with Crippen molar-refractivity contribution in [3.05, 3.63) is 41.7 Å². The van der Waals surface area contributed by atoms with Crippen LogP contribution < -0.4 is 14.2 Å². The van der Waals surface area contributed by atoms with Crippen LogP contribution >= 0.6 is 11.6 Å². The van der Waals surface area contributed by atoms with Gasteiger partial charge in [0, 0.05) is 11.1 Å². The van der Waals surface area contributed by atoms with Gasteiger partial charge in [-0.15, -0.1) is 0 Å². The molecule has 3 rings (SSSR count). The number of sulfonamides is 1. The Morgan fingerprint density at radius 1 is 1.08 bits per heavy atom. The molecule has 0 aliphatic heterocycles. The fourth-order valence-electron chi connectivity index (χ4n) is 2.86. The van der Waals surface area contributed by atoms with Crippen LogP contribution in [0.15, 0.2) is 41.6 Å². The van der Waals surface area contributed by atoms with E-state index in [0.29, 0.717) is 29.6 Å². The Kier molecular flexibility index (Phi) is 5.95. The summed E-state index contributed by atoms with van der Waals surface area (Å²) in [6.07, 6.45) is 5.86. The zero-order valence-electron chi connectivity index (χ0n) is 14.3. The highest BCUT2D eigenvalue weighted by atomic mass is 35.5. The van der Waals surface area contributed by atoms with E-state index in [1.165, 1.54) is 31.6 Å². The van der Waals surface area contributed by atoms with Crippen molar-refractivity contribution in [3.8, 4) is 11.8 Å². The van der Waals surface area contributed by atoms with Gasteiger partial charge in [-0.3, -0.25) is 4.98 Å². The first-order valence-corrected chi connectivity index (χ1v) is 10.1. The number of hydrogen-bond donors (Lipinski definition) is 1. The number of rotatable bonds is 6. The van der Waals surface area contributed by atoms with Gasteiger partial charge in [0.15, 0.2) is 0 Å². The number of aromatic nitrogens is 2. The topological polar surface area (TPSA) is 90.4 Å². The second-order valence-electron chi connectivity index (χ2n) is 6.07. The molecule has 7 nitrogen and oxygen atoms in total. The first-order chi connectivity index (χ1) is 12.5. The molecule has 140 valence electrons. The normalized spacial score (nSPS) is 20.5. The maximum Gasteiger partial charge on any atom is 0.240 e. The third-order valence-electron chi connectivity index (χ3n) is 4.21. The maximum atomic E-state index is 12.4. The Labute approximate surface area is 157 Å². The van der Waals surface area contributed by atoms with Crippen molar-refractivity contribution in [2.75, 3.05) is 7.11 Å². The summed E-state index contributed by atoms with van der Waals surface area (Å²) in [5.74, 6) is 0.807. The number of benzene rings is 1. The van der Waals surface area contributed by atoms with Crippen molar-refractivity contribution in [1.29, 1.82) is 0 Å². The van der Waals surface area contributed by atoms with Gasteiger partial charge in [0.1, 0.15) is 6.10 Å². The lowest BCUT2D eigenvalue weighted by molar-refractivity contribution is 0.136. The van der Waals surface area contributed by atoms with Crippen molar-refractivity contribution in [2.24, 2.45) is 0 Å². The summed E-state index contributed by atoms with van der Waals surface area (Å²) in [7, 11) is -2.03. The van der Waals surface area contributed by atoms with E-state index < -0.39 is 10.0 Å². The van der Waals surface area contributed by atoms with Gasteiger partial charge in [0.05, 0.1) is 24.4 Å². The minimum Gasteiger partial charge on any atom is -0.480 e. The number of nitrogens with zero attached hydrogens (tertiary/aromatic N) is 2. The van der Waals surface area contributed by atoms with Crippen LogP contribution in [0.4, 0.5) is 0 Å². The van der Waals surface area contributed by atoms with E-state index in [9.17, 15) is 8.42 Å². The van der Waals surface area contributed by atoms with Crippen LogP contribution in [-0.4, -0.2) is 37.6 Å². The van der Waals surface area contributed by atoms with Crippen molar-refractivity contribution >= 4 is 21.6 Å². The number of methoxy groups -OCH3 is 1. The second kappa shape index (κ2) is 8.20. The minimum absolute atomic E-state index is 0.0207. The third-order valence-corrected chi connectivity index (χ3v) is 6.00. The van der Waals surface area contributed by atoms with Crippen LogP contribution in [0.2, 0.25) is 5.02 Å². The molecule has 1 aliphatic carbocycles. The van der Waals surface area contributed by atoms with Crippen molar-refractivity contribution in [2.45, 2.75) is 42.7 Å². The molecule has 0 saturated heterocycles. The first-order valence-electron chi connectivity index (χ1n) is 8.27. The Balaban J connectivity index is 1.54. The Hall–Kier alpha value is -1.90. The monoisotopic (exact) mass is 397 g/mol. The summed E-state index contributed by atoms with van der Waals surface area (Å²) in [5, 5.41) is 0.502. The molecule has 0 bridgehead atoms. The van der Waals surface area contributed by atoms with Crippen LogP contribution in [0.5, 0.6) is 11.8 Å². The average molecular weight is 398 g/mol. The third kappa shape index (κ3) is 4.84. The molecule has 0 radical (unpaired) electrons. The molecule has 9 heteroatoms. The summed E-state index contributed by atoms with van der Waals surface area (Å²) in [4.78, 5) is 8.41. The molecule has 26 heavy (non-hydrogen) atoms. The molecule has 0 unspecified atom stereocenters. The minimum atomic E-state index is -3.55. The number of nitrogens with one attached hydrogen (secondary N) is 1. The summed E-state index contributed by atoms with van der Waals surface area (Å²) in [5.41, 5.74) is 0. The molecule has 1 aromatic carbocycles. The highest BCUT2D eigenvalue weighted by Gasteiger charge is 2.27. The summed E-state index contributed by atoms with van der Waals surface area (Å²) in [6, 6.07) is 6.01. The average Bonchev–Trinajstić information content (AvgIpc) is 2.64. The summed E-state index contributed by atoms with van der Waals surface area (Å²) >= 11 is 5.81. The van der Waals surface area contributed by atoms with E-state index in [1.807, 2.05) is 0 Å². The first kappa shape index (κ1) is 18.9. The van der Waals surface area contributed by atoms with E-state index in [1.54, 1.807) is 12.1 Å².